The second-order valence-electron chi connectivity index (χ2n) is 5.91. The summed E-state index contributed by atoms with van der Waals surface area (Å²) >= 11 is 0. The molecule has 0 fully saturated rings. The zero-order valence-corrected chi connectivity index (χ0v) is 14.0. The van der Waals surface area contributed by atoms with Crippen LogP contribution >= 0.6 is 0 Å². The van der Waals surface area contributed by atoms with E-state index in [0.29, 0.717) is 24.0 Å². The van der Waals surface area contributed by atoms with Crippen LogP contribution in [-0.4, -0.2) is 22.4 Å². The lowest BCUT2D eigenvalue weighted by Crippen LogP contribution is -2.13. The van der Waals surface area contributed by atoms with Gasteiger partial charge in [-0.15, -0.1) is 0 Å². The third kappa shape index (κ3) is 5.11. The number of hydrogen-bond acceptors (Lipinski definition) is 2. The Bertz CT molecular complexity index is 445. The van der Waals surface area contributed by atoms with Gasteiger partial charge < -0.3 is 10.2 Å². The molecule has 2 atom stereocenters. The van der Waals surface area contributed by atoms with E-state index in [1.54, 1.807) is 0 Å². The van der Waals surface area contributed by atoms with Crippen LogP contribution in [0, 0.1) is 0 Å². The van der Waals surface area contributed by atoms with Gasteiger partial charge in [-0.3, -0.25) is 0 Å². The zero-order valence-electron chi connectivity index (χ0n) is 14.0. The molecule has 0 spiro atoms. The molecule has 2 heteroatoms. The third-order valence-electron chi connectivity index (χ3n) is 4.09. The van der Waals surface area contributed by atoms with Crippen molar-refractivity contribution in [2.24, 2.45) is 0 Å². The van der Waals surface area contributed by atoms with Crippen LogP contribution in [0.2, 0.25) is 0 Å². The normalized spacial score (nSPS) is 13.6. The second kappa shape index (κ2) is 9.60. The summed E-state index contributed by atoms with van der Waals surface area (Å²) < 4.78 is 0. The lowest BCUT2D eigenvalue weighted by atomic mass is 9.89. The van der Waals surface area contributed by atoms with E-state index in [9.17, 15) is 10.2 Å². The van der Waals surface area contributed by atoms with E-state index >= 15 is 0 Å². The first-order valence-electron chi connectivity index (χ1n) is 8.36. The minimum absolute atomic E-state index is 0.540. The molecule has 1 aromatic rings. The van der Waals surface area contributed by atoms with Crippen molar-refractivity contribution in [2.45, 2.75) is 64.6 Å². The first-order chi connectivity index (χ1) is 10.5. The molecule has 0 bridgehead atoms. The summed E-state index contributed by atoms with van der Waals surface area (Å²) in [5.41, 5.74) is 3.22. The van der Waals surface area contributed by atoms with Crippen molar-refractivity contribution in [2.75, 3.05) is 0 Å². The van der Waals surface area contributed by atoms with E-state index in [0.717, 1.165) is 36.8 Å². The average Bonchev–Trinajstić information content (AvgIpc) is 2.56. The highest BCUT2D eigenvalue weighted by molar-refractivity contribution is 5.80. The molecule has 0 aliphatic rings. The van der Waals surface area contributed by atoms with Crippen LogP contribution < -0.4 is 0 Å². The lowest BCUT2D eigenvalue weighted by Gasteiger charge is -2.20. The van der Waals surface area contributed by atoms with Crippen LogP contribution in [0.15, 0.2) is 37.4 Å². The van der Waals surface area contributed by atoms with Crippen molar-refractivity contribution >= 4 is 11.1 Å². The van der Waals surface area contributed by atoms with Gasteiger partial charge in [-0.2, -0.15) is 0 Å². The van der Waals surface area contributed by atoms with Gasteiger partial charge in [0.1, 0.15) is 0 Å². The van der Waals surface area contributed by atoms with Gasteiger partial charge in [0.05, 0.1) is 12.2 Å². The SMILES string of the molecule is C=C(c1ccccc1C(=C)C(O)CCCC)C(O)CCCC. The number of benzene rings is 1. The van der Waals surface area contributed by atoms with E-state index in [4.69, 9.17) is 0 Å². The van der Waals surface area contributed by atoms with E-state index in [-0.39, 0.29) is 0 Å². The van der Waals surface area contributed by atoms with Crippen LogP contribution in [0.1, 0.15) is 63.5 Å². The zero-order chi connectivity index (χ0) is 16.5. The van der Waals surface area contributed by atoms with Crippen LogP contribution in [0.25, 0.3) is 11.1 Å². The highest BCUT2D eigenvalue weighted by atomic mass is 16.3. The molecular formula is C20H30O2. The number of unbranched alkanes of at least 4 members (excludes halogenated alkanes) is 2. The third-order valence-corrected chi connectivity index (χ3v) is 4.09. The van der Waals surface area contributed by atoms with Crippen molar-refractivity contribution in [1.29, 1.82) is 0 Å². The van der Waals surface area contributed by atoms with Crippen molar-refractivity contribution in [3.63, 3.8) is 0 Å². The first-order valence-corrected chi connectivity index (χ1v) is 8.36. The van der Waals surface area contributed by atoms with Gasteiger partial charge in [-0.05, 0) is 35.1 Å². The number of aliphatic hydroxyl groups is 2. The monoisotopic (exact) mass is 302 g/mol. The summed E-state index contributed by atoms with van der Waals surface area (Å²) in [4.78, 5) is 0. The molecule has 0 saturated heterocycles. The maximum absolute atomic E-state index is 10.3. The van der Waals surface area contributed by atoms with Crippen molar-refractivity contribution in [3.8, 4) is 0 Å². The summed E-state index contributed by atoms with van der Waals surface area (Å²) in [5.74, 6) is 0. The van der Waals surface area contributed by atoms with E-state index in [2.05, 4.69) is 27.0 Å². The van der Waals surface area contributed by atoms with Gasteiger partial charge >= 0.3 is 0 Å². The predicted molar refractivity (Wildman–Crippen MR) is 95.6 cm³/mol. The van der Waals surface area contributed by atoms with E-state index in [1.807, 2.05) is 24.3 Å². The molecule has 0 saturated carbocycles. The summed E-state index contributed by atoms with van der Waals surface area (Å²) in [6, 6.07) is 7.76. The average molecular weight is 302 g/mol. The molecule has 0 aromatic heterocycles. The number of aliphatic hydroxyl groups excluding tert-OH is 2. The smallest absolute Gasteiger partial charge is 0.0790 e. The molecular weight excluding hydrogens is 272 g/mol. The Morgan fingerprint density at radius 2 is 1.23 bits per heavy atom. The minimum atomic E-state index is -0.540. The van der Waals surface area contributed by atoms with Gasteiger partial charge in [0.2, 0.25) is 0 Å². The van der Waals surface area contributed by atoms with Crippen LogP contribution in [0.3, 0.4) is 0 Å². The maximum Gasteiger partial charge on any atom is 0.0790 e. The van der Waals surface area contributed by atoms with Crippen molar-refractivity contribution in [3.05, 3.63) is 48.6 Å². The fraction of sp³-hybridized carbons (Fsp3) is 0.500. The van der Waals surface area contributed by atoms with Gasteiger partial charge in [0.15, 0.2) is 0 Å². The summed E-state index contributed by atoms with van der Waals surface area (Å²) in [5, 5.41) is 20.6. The molecule has 2 nitrogen and oxygen atoms in total. The molecule has 0 aliphatic carbocycles. The van der Waals surface area contributed by atoms with Crippen LogP contribution in [0.4, 0.5) is 0 Å². The number of rotatable bonds is 10. The van der Waals surface area contributed by atoms with E-state index < -0.39 is 12.2 Å². The molecule has 0 heterocycles. The van der Waals surface area contributed by atoms with Gasteiger partial charge in [0, 0.05) is 0 Å². The molecule has 22 heavy (non-hydrogen) atoms. The molecule has 0 amide bonds. The molecule has 122 valence electrons. The fourth-order valence-corrected chi connectivity index (χ4v) is 2.55. The molecule has 1 aromatic carbocycles. The Morgan fingerprint density at radius 1 is 0.864 bits per heavy atom. The highest BCUT2D eigenvalue weighted by Crippen LogP contribution is 2.30. The van der Waals surface area contributed by atoms with Crippen molar-refractivity contribution < 1.29 is 10.2 Å². The Balaban J connectivity index is 2.93. The topological polar surface area (TPSA) is 40.5 Å². The predicted octanol–water partition coefficient (Wildman–Crippen LogP) is 4.82. The molecule has 0 aliphatic heterocycles. The lowest BCUT2D eigenvalue weighted by molar-refractivity contribution is 0.216. The quantitative estimate of drug-likeness (QED) is 0.651. The Hall–Kier alpha value is -1.38. The molecule has 0 radical (unpaired) electrons. The fourth-order valence-electron chi connectivity index (χ4n) is 2.55. The summed E-state index contributed by atoms with van der Waals surface area (Å²) in [7, 11) is 0. The maximum atomic E-state index is 10.3. The van der Waals surface area contributed by atoms with E-state index in [1.165, 1.54) is 0 Å². The van der Waals surface area contributed by atoms with Gasteiger partial charge in [-0.1, -0.05) is 77.0 Å². The Morgan fingerprint density at radius 3 is 1.55 bits per heavy atom. The molecule has 2 N–H and O–H groups in total. The second-order valence-corrected chi connectivity index (χ2v) is 5.91. The standard InChI is InChI=1S/C20H30O2/c1-5-7-13-19(21)15(3)17-11-9-10-12-18(17)16(4)20(22)14-8-6-2/h9-12,19-22H,3-8,13-14H2,1-2H3. The summed E-state index contributed by atoms with van der Waals surface area (Å²) in [6.07, 6.45) is 4.40. The molecule has 1 rings (SSSR count). The summed E-state index contributed by atoms with van der Waals surface area (Å²) in [6.45, 7) is 12.4. The van der Waals surface area contributed by atoms with Gasteiger partial charge in [0.25, 0.3) is 0 Å². The first kappa shape index (κ1) is 18.7. The Kier molecular flexibility index (Phi) is 8.15. The Labute approximate surface area is 135 Å². The minimum Gasteiger partial charge on any atom is -0.388 e. The van der Waals surface area contributed by atoms with Crippen LogP contribution in [0.5, 0.6) is 0 Å². The molecule has 2 unspecified atom stereocenters. The van der Waals surface area contributed by atoms with Gasteiger partial charge in [-0.25, -0.2) is 0 Å². The number of hydrogen-bond donors (Lipinski definition) is 2. The van der Waals surface area contributed by atoms with Crippen LogP contribution in [-0.2, 0) is 0 Å². The highest BCUT2D eigenvalue weighted by Gasteiger charge is 2.18. The largest absolute Gasteiger partial charge is 0.388 e. The van der Waals surface area contributed by atoms with Crippen molar-refractivity contribution in [1.82, 2.24) is 0 Å².